The van der Waals surface area contributed by atoms with Crippen molar-refractivity contribution in [1.29, 1.82) is 0 Å². The molecule has 0 radical (unpaired) electrons. The topological polar surface area (TPSA) is 29.9 Å². The van der Waals surface area contributed by atoms with E-state index in [0.29, 0.717) is 11.5 Å². The highest BCUT2D eigenvalue weighted by molar-refractivity contribution is 5.31. The molecular weight excluding hydrogens is 186 g/mol. The van der Waals surface area contributed by atoms with Crippen molar-refractivity contribution in [1.82, 2.24) is 9.55 Å². The first-order chi connectivity index (χ1) is 7.09. The van der Waals surface area contributed by atoms with Crippen LogP contribution in [0.4, 0.5) is 5.95 Å². The Morgan fingerprint density at radius 2 is 2.27 bits per heavy atom. The predicted octanol–water partition coefficient (Wildman–Crippen LogP) is 2.89. The summed E-state index contributed by atoms with van der Waals surface area (Å²) in [5, 5.41) is 3.56. The number of aromatic nitrogens is 2. The first-order valence-corrected chi connectivity index (χ1v) is 5.88. The van der Waals surface area contributed by atoms with E-state index in [0.717, 1.165) is 12.5 Å². The Hall–Kier alpha value is -0.990. The summed E-state index contributed by atoms with van der Waals surface area (Å²) in [5.74, 6) is 1.69. The van der Waals surface area contributed by atoms with Crippen molar-refractivity contribution in [3.05, 3.63) is 12.4 Å². The van der Waals surface area contributed by atoms with Crippen molar-refractivity contribution in [2.45, 2.75) is 52.1 Å². The number of anilines is 1. The Morgan fingerprint density at radius 3 is 2.80 bits per heavy atom. The quantitative estimate of drug-likeness (QED) is 0.822. The van der Waals surface area contributed by atoms with Gasteiger partial charge in [-0.1, -0.05) is 13.8 Å². The molecule has 0 atom stereocenters. The average Bonchev–Trinajstić information content (AvgIpc) is 2.49. The van der Waals surface area contributed by atoms with E-state index in [9.17, 15) is 0 Å². The van der Waals surface area contributed by atoms with Crippen molar-refractivity contribution < 1.29 is 0 Å². The van der Waals surface area contributed by atoms with Crippen molar-refractivity contribution in [2.75, 3.05) is 5.32 Å². The normalized spacial score (nSPS) is 18.9. The first-order valence-electron chi connectivity index (χ1n) is 5.88. The molecule has 1 aromatic rings. The highest BCUT2D eigenvalue weighted by Gasteiger charge is 2.32. The number of nitrogens with one attached hydrogen (secondary N) is 1. The van der Waals surface area contributed by atoms with Crippen LogP contribution in [-0.4, -0.2) is 15.1 Å². The lowest BCUT2D eigenvalue weighted by Crippen LogP contribution is -2.42. The molecule has 0 spiro atoms. The smallest absolute Gasteiger partial charge is 0.203 e. The summed E-state index contributed by atoms with van der Waals surface area (Å²) in [5.41, 5.74) is 0.292. The van der Waals surface area contributed by atoms with Crippen LogP contribution in [0.1, 0.15) is 40.0 Å². The molecule has 3 nitrogen and oxygen atoms in total. The largest absolute Gasteiger partial charge is 0.351 e. The lowest BCUT2D eigenvalue weighted by molar-refractivity contribution is 0.303. The first kappa shape index (κ1) is 10.5. The molecule has 15 heavy (non-hydrogen) atoms. The van der Waals surface area contributed by atoms with Crippen LogP contribution in [0.15, 0.2) is 12.4 Å². The van der Waals surface area contributed by atoms with Gasteiger partial charge in [0, 0.05) is 24.5 Å². The molecule has 1 aliphatic rings. The van der Waals surface area contributed by atoms with Crippen LogP contribution in [-0.2, 0) is 6.54 Å². The molecule has 1 heterocycles. The molecule has 1 saturated carbocycles. The average molecular weight is 207 g/mol. The summed E-state index contributed by atoms with van der Waals surface area (Å²) in [6, 6.07) is 0. The van der Waals surface area contributed by atoms with Gasteiger partial charge in [0.1, 0.15) is 0 Å². The minimum atomic E-state index is 0.292. The molecule has 1 fully saturated rings. The zero-order valence-corrected chi connectivity index (χ0v) is 9.95. The van der Waals surface area contributed by atoms with Gasteiger partial charge in [0.05, 0.1) is 0 Å². The van der Waals surface area contributed by atoms with Gasteiger partial charge in [-0.05, 0) is 32.1 Å². The van der Waals surface area contributed by atoms with E-state index in [1.165, 1.54) is 19.3 Å². The molecule has 0 aliphatic heterocycles. The Labute approximate surface area is 91.9 Å². The molecule has 1 aromatic heterocycles. The van der Waals surface area contributed by atoms with Crippen LogP contribution in [0.5, 0.6) is 0 Å². The summed E-state index contributed by atoms with van der Waals surface area (Å²) in [7, 11) is 0. The second kappa shape index (κ2) is 3.87. The molecule has 3 heteroatoms. The van der Waals surface area contributed by atoms with Crippen molar-refractivity contribution in [3.8, 4) is 0 Å². The fourth-order valence-corrected chi connectivity index (χ4v) is 2.08. The lowest BCUT2D eigenvalue weighted by atomic mass is 9.79. The highest BCUT2D eigenvalue weighted by Crippen LogP contribution is 2.34. The summed E-state index contributed by atoms with van der Waals surface area (Å²) in [6.45, 7) is 7.78. The van der Waals surface area contributed by atoms with Crippen molar-refractivity contribution in [3.63, 3.8) is 0 Å². The van der Waals surface area contributed by atoms with Gasteiger partial charge in [-0.3, -0.25) is 0 Å². The third-order valence-electron chi connectivity index (χ3n) is 3.15. The van der Waals surface area contributed by atoms with E-state index in [4.69, 9.17) is 0 Å². The molecule has 84 valence electrons. The Balaban J connectivity index is 2.04. The van der Waals surface area contributed by atoms with Crippen LogP contribution in [0, 0.1) is 5.92 Å². The fraction of sp³-hybridized carbons (Fsp3) is 0.750. The second-order valence-corrected chi connectivity index (χ2v) is 5.34. The fourth-order valence-electron chi connectivity index (χ4n) is 2.08. The zero-order chi connectivity index (χ0) is 10.9. The molecule has 2 rings (SSSR count). The SMILES string of the molecule is CC(C)Cn1ccnc1NC1(C)CCC1. The lowest BCUT2D eigenvalue weighted by Gasteiger charge is -2.39. The van der Waals surface area contributed by atoms with Crippen molar-refractivity contribution in [2.24, 2.45) is 5.92 Å². The van der Waals surface area contributed by atoms with Gasteiger partial charge in [-0.25, -0.2) is 4.98 Å². The van der Waals surface area contributed by atoms with E-state index >= 15 is 0 Å². The molecule has 1 N–H and O–H groups in total. The van der Waals surface area contributed by atoms with Crippen molar-refractivity contribution >= 4 is 5.95 Å². The molecule has 1 aliphatic carbocycles. The van der Waals surface area contributed by atoms with Crippen LogP contribution < -0.4 is 5.32 Å². The number of hydrogen-bond donors (Lipinski definition) is 1. The predicted molar refractivity (Wildman–Crippen MR) is 62.9 cm³/mol. The van der Waals surface area contributed by atoms with Gasteiger partial charge in [0.2, 0.25) is 5.95 Å². The van der Waals surface area contributed by atoms with Crippen LogP contribution in [0.3, 0.4) is 0 Å². The maximum Gasteiger partial charge on any atom is 0.203 e. The summed E-state index contributed by atoms with van der Waals surface area (Å²) in [6.07, 6.45) is 7.81. The van der Waals surface area contributed by atoms with E-state index in [2.05, 4.69) is 41.8 Å². The third kappa shape index (κ3) is 2.33. The Kier molecular flexibility index (Phi) is 2.72. The van der Waals surface area contributed by atoms with Crippen LogP contribution >= 0.6 is 0 Å². The van der Waals surface area contributed by atoms with E-state index in [1.807, 2.05) is 6.20 Å². The summed E-state index contributed by atoms with van der Waals surface area (Å²) < 4.78 is 2.22. The minimum Gasteiger partial charge on any atom is -0.351 e. The highest BCUT2D eigenvalue weighted by atomic mass is 15.2. The molecule has 0 unspecified atom stereocenters. The minimum absolute atomic E-state index is 0.292. The number of hydrogen-bond acceptors (Lipinski definition) is 2. The maximum atomic E-state index is 4.39. The van der Waals surface area contributed by atoms with Gasteiger partial charge >= 0.3 is 0 Å². The van der Waals surface area contributed by atoms with Gasteiger partial charge in [-0.2, -0.15) is 0 Å². The van der Waals surface area contributed by atoms with Gasteiger partial charge in [0.25, 0.3) is 0 Å². The second-order valence-electron chi connectivity index (χ2n) is 5.34. The van der Waals surface area contributed by atoms with Gasteiger partial charge in [-0.15, -0.1) is 0 Å². The van der Waals surface area contributed by atoms with Gasteiger partial charge < -0.3 is 9.88 Å². The number of imidazole rings is 1. The zero-order valence-electron chi connectivity index (χ0n) is 9.95. The Morgan fingerprint density at radius 1 is 1.53 bits per heavy atom. The summed E-state index contributed by atoms with van der Waals surface area (Å²) >= 11 is 0. The van der Waals surface area contributed by atoms with E-state index in [1.54, 1.807) is 0 Å². The molecule has 0 amide bonds. The van der Waals surface area contributed by atoms with E-state index in [-0.39, 0.29) is 0 Å². The molecule has 0 bridgehead atoms. The molecule has 0 aromatic carbocycles. The standard InChI is InChI=1S/C12H21N3/c1-10(2)9-15-8-7-13-11(15)14-12(3)5-4-6-12/h7-8,10H,4-6,9H2,1-3H3,(H,13,14). The maximum absolute atomic E-state index is 4.39. The number of rotatable bonds is 4. The monoisotopic (exact) mass is 207 g/mol. The Bertz CT molecular complexity index is 323. The van der Waals surface area contributed by atoms with Gasteiger partial charge in [0.15, 0.2) is 0 Å². The third-order valence-corrected chi connectivity index (χ3v) is 3.15. The molecule has 0 saturated heterocycles. The van der Waals surface area contributed by atoms with Crippen LogP contribution in [0.2, 0.25) is 0 Å². The van der Waals surface area contributed by atoms with E-state index < -0.39 is 0 Å². The van der Waals surface area contributed by atoms with Crippen LogP contribution in [0.25, 0.3) is 0 Å². The number of nitrogens with zero attached hydrogens (tertiary/aromatic N) is 2. The summed E-state index contributed by atoms with van der Waals surface area (Å²) in [4.78, 5) is 4.39. The molecular formula is C12H21N3.